The van der Waals surface area contributed by atoms with Crippen molar-refractivity contribution in [3.63, 3.8) is 0 Å². The van der Waals surface area contributed by atoms with Gasteiger partial charge in [-0.25, -0.2) is 9.78 Å². The van der Waals surface area contributed by atoms with Gasteiger partial charge in [0, 0.05) is 11.8 Å². The monoisotopic (exact) mass is 493 g/mol. The van der Waals surface area contributed by atoms with Gasteiger partial charge in [0.05, 0.1) is 13.2 Å². The van der Waals surface area contributed by atoms with Crippen molar-refractivity contribution in [1.82, 2.24) is 24.7 Å². The van der Waals surface area contributed by atoms with Crippen molar-refractivity contribution in [3.8, 4) is 6.01 Å². The summed E-state index contributed by atoms with van der Waals surface area (Å²) in [6.07, 6.45) is 3.62. The molecular formula is C29H27N5O3. The van der Waals surface area contributed by atoms with E-state index in [9.17, 15) is 4.79 Å². The molecule has 186 valence electrons. The number of aromatic nitrogens is 5. The number of rotatable bonds is 5. The highest BCUT2D eigenvalue weighted by molar-refractivity contribution is 5.98. The summed E-state index contributed by atoms with van der Waals surface area (Å²) in [7, 11) is 0. The second-order valence-electron chi connectivity index (χ2n) is 9.31. The van der Waals surface area contributed by atoms with Crippen LogP contribution in [0.5, 0.6) is 6.01 Å². The Balaban J connectivity index is 1.48. The lowest BCUT2D eigenvalue weighted by atomic mass is 9.89. The molecule has 1 aliphatic rings. The summed E-state index contributed by atoms with van der Waals surface area (Å²) < 4.78 is 12.7. The van der Waals surface area contributed by atoms with Gasteiger partial charge in [0.1, 0.15) is 5.52 Å². The molecule has 1 N–H and O–H groups in total. The molecule has 0 unspecified atom stereocenters. The molecule has 0 aliphatic heterocycles. The molecule has 5 aromatic rings. The zero-order valence-electron chi connectivity index (χ0n) is 21.0. The number of benzene rings is 2. The number of nitrogens with zero attached hydrogens (tertiary/aromatic N) is 4. The predicted octanol–water partition coefficient (Wildman–Crippen LogP) is 4.94. The van der Waals surface area contributed by atoms with Crippen molar-refractivity contribution in [3.05, 3.63) is 104 Å². The van der Waals surface area contributed by atoms with Crippen LogP contribution < -0.4 is 10.5 Å². The average molecular weight is 494 g/mol. The number of hydrogen-bond acceptors (Lipinski definition) is 6. The van der Waals surface area contributed by atoms with Gasteiger partial charge in [0.25, 0.3) is 6.01 Å². The van der Waals surface area contributed by atoms with Crippen molar-refractivity contribution in [2.45, 2.75) is 40.2 Å². The van der Waals surface area contributed by atoms with E-state index in [-0.39, 0.29) is 0 Å². The SMILES string of the molecule is CCOc1nc2c(C)ccnc2n1Cc1ccc2c(c1)CCc1ccccc1C2=C(C)c1noc(=O)[nH]1. The van der Waals surface area contributed by atoms with Crippen LogP contribution in [0.4, 0.5) is 0 Å². The van der Waals surface area contributed by atoms with Crippen LogP contribution in [0.25, 0.3) is 22.3 Å². The van der Waals surface area contributed by atoms with E-state index in [2.05, 4.69) is 51.5 Å². The van der Waals surface area contributed by atoms with Gasteiger partial charge in [-0.05, 0) is 78.6 Å². The van der Waals surface area contributed by atoms with Crippen LogP contribution in [0, 0.1) is 6.92 Å². The van der Waals surface area contributed by atoms with Gasteiger partial charge in [-0.1, -0.05) is 47.6 Å². The summed E-state index contributed by atoms with van der Waals surface area (Å²) in [6.45, 7) is 7.10. The molecule has 0 saturated carbocycles. The molecule has 37 heavy (non-hydrogen) atoms. The number of hydrogen-bond donors (Lipinski definition) is 1. The first-order valence-corrected chi connectivity index (χ1v) is 12.5. The molecule has 3 heterocycles. The second kappa shape index (κ2) is 9.20. The number of imidazole rings is 1. The van der Waals surface area contributed by atoms with Crippen LogP contribution in [0.15, 0.2) is 64.0 Å². The van der Waals surface area contributed by atoms with E-state index in [4.69, 9.17) is 14.2 Å². The second-order valence-corrected chi connectivity index (χ2v) is 9.31. The van der Waals surface area contributed by atoms with E-state index < -0.39 is 5.76 Å². The minimum absolute atomic E-state index is 0.444. The number of aromatic amines is 1. The molecule has 0 saturated heterocycles. The van der Waals surface area contributed by atoms with Crippen molar-refractivity contribution >= 4 is 22.3 Å². The lowest BCUT2D eigenvalue weighted by molar-refractivity contribution is 0.301. The number of ether oxygens (including phenoxy) is 1. The predicted molar refractivity (Wildman–Crippen MR) is 142 cm³/mol. The fraction of sp³-hybridized carbons (Fsp3) is 0.241. The van der Waals surface area contributed by atoms with Gasteiger partial charge in [-0.2, -0.15) is 4.98 Å². The smallest absolute Gasteiger partial charge is 0.439 e. The van der Waals surface area contributed by atoms with Crippen molar-refractivity contribution in [2.75, 3.05) is 6.61 Å². The quantitative estimate of drug-likeness (QED) is 0.372. The van der Waals surface area contributed by atoms with E-state index in [1.165, 1.54) is 11.1 Å². The molecule has 8 heteroatoms. The lowest BCUT2D eigenvalue weighted by Crippen LogP contribution is -2.07. The zero-order chi connectivity index (χ0) is 25.5. The van der Waals surface area contributed by atoms with Gasteiger partial charge >= 0.3 is 5.76 Å². The maximum absolute atomic E-state index is 11.7. The Bertz CT molecular complexity index is 1720. The third-order valence-electron chi connectivity index (χ3n) is 6.97. The molecule has 8 nitrogen and oxygen atoms in total. The van der Waals surface area contributed by atoms with E-state index in [1.54, 1.807) is 0 Å². The molecule has 6 rings (SSSR count). The summed E-state index contributed by atoms with van der Waals surface area (Å²) in [5.74, 6) is -0.117. The van der Waals surface area contributed by atoms with Crippen LogP contribution in [-0.4, -0.2) is 31.3 Å². The van der Waals surface area contributed by atoms with Crippen molar-refractivity contribution in [1.29, 1.82) is 0 Å². The number of pyridine rings is 1. The van der Waals surface area contributed by atoms with Crippen LogP contribution >= 0.6 is 0 Å². The molecule has 0 amide bonds. The normalized spacial score (nSPS) is 14.2. The maximum atomic E-state index is 11.7. The maximum Gasteiger partial charge on any atom is 0.439 e. The number of nitrogens with one attached hydrogen (secondary N) is 1. The molecule has 2 aromatic carbocycles. The van der Waals surface area contributed by atoms with Crippen molar-refractivity contribution in [2.24, 2.45) is 0 Å². The van der Waals surface area contributed by atoms with E-state index in [1.807, 2.05) is 43.7 Å². The Labute approximate surface area is 213 Å². The van der Waals surface area contributed by atoms with Crippen LogP contribution in [0.1, 0.15) is 53.1 Å². The Morgan fingerprint density at radius 3 is 2.73 bits per heavy atom. The number of allylic oxidation sites excluding steroid dienone is 1. The minimum atomic E-state index is -0.561. The molecule has 0 spiro atoms. The summed E-state index contributed by atoms with van der Waals surface area (Å²) in [5, 5.41) is 3.97. The van der Waals surface area contributed by atoms with Gasteiger partial charge < -0.3 is 4.74 Å². The molecule has 0 radical (unpaired) electrons. The van der Waals surface area contributed by atoms with Gasteiger partial charge in [0.15, 0.2) is 11.5 Å². The van der Waals surface area contributed by atoms with Crippen LogP contribution in [0.2, 0.25) is 0 Å². The summed E-state index contributed by atoms with van der Waals surface area (Å²) in [6, 6.07) is 17.5. The minimum Gasteiger partial charge on any atom is -0.465 e. The fourth-order valence-corrected chi connectivity index (χ4v) is 5.19. The number of aryl methyl sites for hydroxylation is 3. The standard InChI is InChI=1S/C29H27N5O3/c1-4-36-28-31-25-17(2)13-14-30-27(25)34(28)16-19-9-12-23-21(15-19)11-10-20-7-5-6-8-22(20)24(23)18(3)26-32-29(35)37-33-26/h5-9,12-15H,4,10-11,16H2,1-3H3,(H,32,33,35). The third-order valence-corrected chi connectivity index (χ3v) is 6.97. The Morgan fingerprint density at radius 1 is 1.11 bits per heavy atom. The third kappa shape index (κ3) is 4.04. The molecule has 3 aromatic heterocycles. The first-order valence-electron chi connectivity index (χ1n) is 12.5. The van der Waals surface area contributed by atoms with Crippen LogP contribution in [0.3, 0.4) is 0 Å². The Kier molecular flexibility index (Phi) is 5.71. The number of fused-ring (bicyclic) bond motifs is 3. The molecule has 0 bridgehead atoms. The van der Waals surface area contributed by atoms with Gasteiger partial charge in [-0.15, -0.1) is 0 Å². The molecular weight excluding hydrogens is 466 g/mol. The molecule has 0 fully saturated rings. The first kappa shape index (κ1) is 23.0. The highest BCUT2D eigenvalue weighted by atomic mass is 16.5. The topological polar surface area (TPSA) is 98.8 Å². The van der Waals surface area contributed by atoms with E-state index in [0.717, 1.165) is 57.4 Å². The van der Waals surface area contributed by atoms with Crippen molar-refractivity contribution < 1.29 is 9.26 Å². The van der Waals surface area contributed by atoms with E-state index >= 15 is 0 Å². The highest BCUT2D eigenvalue weighted by Crippen LogP contribution is 2.38. The van der Waals surface area contributed by atoms with E-state index in [0.29, 0.717) is 25.0 Å². The van der Waals surface area contributed by atoms with Gasteiger partial charge in [-0.3, -0.25) is 14.1 Å². The lowest BCUT2D eigenvalue weighted by Gasteiger charge is -2.16. The summed E-state index contributed by atoms with van der Waals surface area (Å²) >= 11 is 0. The zero-order valence-corrected chi connectivity index (χ0v) is 21.0. The number of H-pyrrole nitrogens is 1. The fourth-order valence-electron chi connectivity index (χ4n) is 5.19. The molecule has 1 aliphatic carbocycles. The summed E-state index contributed by atoms with van der Waals surface area (Å²) in [4.78, 5) is 23.7. The largest absolute Gasteiger partial charge is 0.465 e. The summed E-state index contributed by atoms with van der Waals surface area (Å²) in [5.41, 5.74) is 10.6. The first-order chi connectivity index (χ1) is 18.0. The average Bonchev–Trinajstić information content (AvgIpc) is 3.44. The Hall–Kier alpha value is -4.46. The van der Waals surface area contributed by atoms with Gasteiger partial charge in [0.2, 0.25) is 0 Å². The Morgan fingerprint density at radius 2 is 1.92 bits per heavy atom. The highest BCUT2D eigenvalue weighted by Gasteiger charge is 2.23. The molecule has 0 atom stereocenters. The van der Waals surface area contributed by atoms with Crippen LogP contribution in [-0.2, 0) is 19.4 Å².